The van der Waals surface area contributed by atoms with Crippen molar-refractivity contribution in [2.75, 3.05) is 29.1 Å². The lowest BCUT2D eigenvalue weighted by Crippen LogP contribution is -2.21. The average Bonchev–Trinajstić information content (AvgIpc) is 3.24. The summed E-state index contributed by atoms with van der Waals surface area (Å²) in [6, 6.07) is 10.2. The van der Waals surface area contributed by atoms with Crippen LogP contribution in [0.2, 0.25) is 0 Å². The Hall–Kier alpha value is -1.44. The van der Waals surface area contributed by atoms with Crippen molar-refractivity contribution in [1.82, 2.24) is 0 Å². The number of aliphatic imine (C=N–C) groups is 1. The number of benzene rings is 1. The molecule has 0 bridgehead atoms. The summed E-state index contributed by atoms with van der Waals surface area (Å²) in [6.45, 7) is 1.79. The fourth-order valence-corrected chi connectivity index (χ4v) is 5.29. The van der Waals surface area contributed by atoms with Crippen LogP contribution in [0.5, 0.6) is 0 Å². The molecular formula is C16H15N3OS3. The number of nitrogens with one attached hydrogen (secondary N) is 1. The first kappa shape index (κ1) is 15.1. The number of carbonyl (C=O) groups excluding carboxylic acids is 1. The largest absolute Gasteiger partial charge is 0.325 e. The van der Waals surface area contributed by atoms with Gasteiger partial charge in [-0.3, -0.25) is 9.79 Å². The van der Waals surface area contributed by atoms with Gasteiger partial charge in [-0.2, -0.15) is 0 Å². The summed E-state index contributed by atoms with van der Waals surface area (Å²) in [5, 5.41) is 6.14. The molecule has 0 saturated heterocycles. The first-order valence-corrected chi connectivity index (χ1v) is 10.2. The Bertz CT molecular complexity index is 758. The highest BCUT2D eigenvalue weighted by Gasteiger charge is 2.29. The molecule has 2 aromatic rings. The number of anilines is 2. The van der Waals surface area contributed by atoms with Gasteiger partial charge in [0.1, 0.15) is 0 Å². The SMILES string of the molecule is O=C(CSCc1cccs1)Nc1ccc2c(c1)N1CCN=C1S2. The second-order valence-electron chi connectivity index (χ2n) is 5.22. The molecule has 1 aromatic carbocycles. The Morgan fingerprint density at radius 2 is 2.35 bits per heavy atom. The summed E-state index contributed by atoms with van der Waals surface area (Å²) in [4.78, 5) is 21.3. The number of amides is 1. The van der Waals surface area contributed by atoms with Gasteiger partial charge < -0.3 is 10.2 Å². The number of carbonyl (C=O) groups is 1. The third-order valence-corrected chi connectivity index (χ3v) is 6.73. The highest BCUT2D eigenvalue weighted by Crippen LogP contribution is 2.43. The van der Waals surface area contributed by atoms with Gasteiger partial charge in [0.2, 0.25) is 5.91 Å². The second-order valence-corrected chi connectivity index (χ2v) is 8.25. The zero-order valence-corrected chi connectivity index (χ0v) is 14.8. The summed E-state index contributed by atoms with van der Waals surface area (Å²) in [6.07, 6.45) is 0. The van der Waals surface area contributed by atoms with Crippen molar-refractivity contribution in [2.45, 2.75) is 10.6 Å². The Morgan fingerprint density at radius 3 is 3.22 bits per heavy atom. The number of nitrogens with zero attached hydrogens (tertiary/aromatic N) is 2. The van der Waals surface area contributed by atoms with Crippen LogP contribution >= 0.6 is 34.9 Å². The van der Waals surface area contributed by atoms with Crippen LogP contribution in [-0.2, 0) is 10.5 Å². The molecule has 0 spiro atoms. The number of hydrogen-bond donors (Lipinski definition) is 1. The standard InChI is InChI=1S/C16H15N3OS3/c20-15(10-21-9-12-2-1-7-22-12)18-11-3-4-14-13(8-11)19-6-5-17-16(19)23-14/h1-4,7-8H,5-6,9-10H2,(H,18,20). The van der Waals surface area contributed by atoms with Gasteiger partial charge >= 0.3 is 0 Å². The maximum absolute atomic E-state index is 12.1. The quantitative estimate of drug-likeness (QED) is 0.877. The topological polar surface area (TPSA) is 44.7 Å². The van der Waals surface area contributed by atoms with Crippen LogP contribution in [0, 0.1) is 0 Å². The second kappa shape index (κ2) is 6.59. The lowest BCUT2D eigenvalue weighted by molar-refractivity contribution is -0.113. The molecule has 1 N–H and O–H groups in total. The molecule has 0 aliphatic carbocycles. The van der Waals surface area contributed by atoms with E-state index in [4.69, 9.17) is 0 Å². The van der Waals surface area contributed by atoms with E-state index < -0.39 is 0 Å². The molecule has 2 aliphatic heterocycles. The lowest BCUT2D eigenvalue weighted by Gasteiger charge is -2.13. The molecule has 1 amide bonds. The molecule has 4 rings (SSSR count). The predicted octanol–water partition coefficient (Wildman–Crippen LogP) is 3.90. The zero-order valence-electron chi connectivity index (χ0n) is 12.3. The Labute approximate surface area is 147 Å². The average molecular weight is 362 g/mol. The van der Waals surface area contributed by atoms with E-state index in [0.29, 0.717) is 5.75 Å². The molecule has 7 heteroatoms. The van der Waals surface area contributed by atoms with E-state index in [0.717, 1.165) is 35.4 Å². The Morgan fingerprint density at radius 1 is 1.39 bits per heavy atom. The number of amidine groups is 1. The maximum Gasteiger partial charge on any atom is 0.234 e. The molecule has 118 valence electrons. The molecule has 0 unspecified atom stereocenters. The predicted molar refractivity (Wildman–Crippen MR) is 101 cm³/mol. The van der Waals surface area contributed by atoms with Crippen molar-refractivity contribution >= 4 is 57.3 Å². The summed E-state index contributed by atoms with van der Waals surface area (Å²) >= 11 is 5.08. The van der Waals surface area contributed by atoms with Crippen molar-refractivity contribution < 1.29 is 4.79 Å². The van der Waals surface area contributed by atoms with E-state index in [-0.39, 0.29) is 5.91 Å². The summed E-state index contributed by atoms with van der Waals surface area (Å²) in [5.74, 6) is 1.41. The van der Waals surface area contributed by atoms with Crippen molar-refractivity contribution in [3.05, 3.63) is 40.6 Å². The maximum atomic E-state index is 12.1. The smallest absolute Gasteiger partial charge is 0.234 e. The van der Waals surface area contributed by atoms with Crippen LogP contribution < -0.4 is 10.2 Å². The van der Waals surface area contributed by atoms with Gasteiger partial charge in [0.25, 0.3) is 0 Å². The Balaban J connectivity index is 1.35. The minimum atomic E-state index is 0.0486. The summed E-state index contributed by atoms with van der Waals surface area (Å²) in [7, 11) is 0. The fourth-order valence-electron chi connectivity index (χ4n) is 2.56. The minimum absolute atomic E-state index is 0.0486. The lowest BCUT2D eigenvalue weighted by atomic mass is 10.2. The zero-order chi connectivity index (χ0) is 15.6. The molecule has 0 atom stereocenters. The monoisotopic (exact) mass is 361 g/mol. The number of thioether (sulfide) groups is 2. The highest BCUT2D eigenvalue weighted by atomic mass is 32.2. The van der Waals surface area contributed by atoms with Crippen LogP contribution in [0.15, 0.2) is 45.6 Å². The van der Waals surface area contributed by atoms with E-state index in [1.165, 1.54) is 9.77 Å². The molecule has 3 heterocycles. The van der Waals surface area contributed by atoms with Gasteiger partial charge in [0.15, 0.2) is 5.17 Å². The van der Waals surface area contributed by atoms with Crippen molar-refractivity contribution in [3.8, 4) is 0 Å². The number of fused-ring (bicyclic) bond motifs is 3. The van der Waals surface area contributed by atoms with E-state index in [1.54, 1.807) is 34.9 Å². The van der Waals surface area contributed by atoms with Crippen LogP contribution in [0.4, 0.5) is 11.4 Å². The van der Waals surface area contributed by atoms with Crippen LogP contribution in [0.25, 0.3) is 0 Å². The molecule has 1 aromatic heterocycles. The van der Waals surface area contributed by atoms with Gasteiger partial charge in [-0.25, -0.2) is 0 Å². The minimum Gasteiger partial charge on any atom is -0.325 e. The van der Waals surface area contributed by atoms with Crippen LogP contribution in [-0.4, -0.2) is 29.9 Å². The Kier molecular flexibility index (Phi) is 4.33. The van der Waals surface area contributed by atoms with E-state index >= 15 is 0 Å². The van der Waals surface area contributed by atoms with Gasteiger partial charge in [0.05, 0.1) is 18.0 Å². The number of hydrogen-bond acceptors (Lipinski definition) is 6. The van der Waals surface area contributed by atoms with Gasteiger partial charge in [-0.1, -0.05) is 6.07 Å². The molecular weight excluding hydrogens is 346 g/mol. The fraction of sp³-hybridized carbons (Fsp3) is 0.250. The number of thiophene rings is 1. The normalized spacial score (nSPS) is 15.3. The third-order valence-electron chi connectivity index (χ3n) is 3.59. The molecule has 4 nitrogen and oxygen atoms in total. The van der Waals surface area contributed by atoms with Gasteiger partial charge in [-0.15, -0.1) is 23.1 Å². The van der Waals surface area contributed by atoms with Gasteiger partial charge in [0, 0.05) is 27.8 Å². The summed E-state index contributed by atoms with van der Waals surface area (Å²) in [5.41, 5.74) is 2.02. The van der Waals surface area contributed by atoms with Crippen LogP contribution in [0.1, 0.15) is 4.88 Å². The molecule has 23 heavy (non-hydrogen) atoms. The molecule has 0 fully saturated rings. The highest BCUT2D eigenvalue weighted by molar-refractivity contribution is 8.14. The number of rotatable bonds is 5. The van der Waals surface area contributed by atoms with E-state index in [2.05, 4.69) is 38.8 Å². The van der Waals surface area contributed by atoms with E-state index in [9.17, 15) is 4.79 Å². The molecule has 0 radical (unpaired) electrons. The first-order valence-electron chi connectivity index (χ1n) is 7.33. The summed E-state index contributed by atoms with van der Waals surface area (Å²) < 4.78 is 0. The van der Waals surface area contributed by atoms with E-state index in [1.807, 2.05) is 12.1 Å². The van der Waals surface area contributed by atoms with Gasteiger partial charge in [-0.05, 0) is 41.4 Å². The van der Waals surface area contributed by atoms with Crippen molar-refractivity contribution in [2.24, 2.45) is 4.99 Å². The molecule has 0 saturated carbocycles. The van der Waals surface area contributed by atoms with Crippen molar-refractivity contribution in [1.29, 1.82) is 0 Å². The third kappa shape index (κ3) is 3.27. The van der Waals surface area contributed by atoms with Crippen molar-refractivity contribution in [3.63, 3.8) is 0 Å². The molecule has 2 aliphatic rings. The first-order chi connectivity index (χ1) is 11.3. The van der Waals surface area contributed by atoms with Crippen LogP contribution in [0.3, 0.4) is 0 Å².